The lowest BCUT2D eigenvalue weighted by Gasteiger charge is -2.50. The fourth-order valence-corrected chi connectivity index (χ4v) is 3.53. The fourth-order valence-electron chi connectivity index (χ4n) is 3.53. The number of urea groups is 1. The summed E-state index contributed by atoms with van der Waals surface area (Å²) < 4.78 is 11.7. The third-order valence-corrected chi connectivity index (χ3v) is 5.64. The molecule has 0 unspecified atom stereocenters. The van der Waals surface area contributed by atoms with Crippen LogP contribution in [0.4, 0.5) is 4.79 Å². The smallest absolute Gasteiger partial charge is 0.319 e. The molecule has 0 aromatic heterocycles. The number of unbranched alkanes of at least 4 members (excludes halogenated alkanes) is 1. The van der Waals surface area contributed by atoms with Crippen molar-refractivity contribution in [3.05, 3.63) is 0 Å². The Kier molecular flexibility index (Phi) is 6.72. The van der Waals surface area contributed by atoms with Gasteiger partial charge in [0.05, 0.1) is 12.0 Å². The van der Waals surface area contributed by atoms with Crippen LogP contribution >= 0.6 is 0 Å². The first-order valence-corrected chi connectivity index (χ1v) is 9.55. The number of hydrogen-bond donors (Lipinski definition) is 0. The summed E-state index contributed by atoms with van der Waals surface area (Å²) >= 11 is 0. The van der Waals surface area contributed by atoms with E-state index in [0.717, 1.165) is 25.9 Å². The lowest BCUT2D eigenvalue weighted by Crippen LogP contribution is -2.57. The molecular weight excluding hydrogens is 320 g/mol. The highest BCUT2D eigenvalue weighted by Crippen LogP contribution is 2.45. The number of amides is 2. The van der Waals surface area contributed by atoms with Gasteiger partial charge in [0.25, 0.3) is 0 Å². The van der Waals surface area contributed by atoms with Crippen LogP contribution < -0.4 is 0 Å². The SMILES string of the molecule is CCCCO[C@@H]1C[C@H](OC(=O)C2CCN(C(=O)N(C)C)CC2)C1(C)C. The van der Waals surface area contributed by atoms with Crippen LogP contribution in [0.1, 0.15) is 52.9 Å². The second kappa shape index (κ2) is 8.39. The standard InChI is InChI=1S/C19H34N2O4/c1-6-7-12-24-15-13-16(19(15,2)3)25-17(22)14-8-10-21(11-9-14)18(23)20(4)5/h14-16H,6-13H2,1-5H3/t15-,16+/m1/s1. The van der Waals surface area contributed by atoms with Crippen LogP contribution in [0, 0.1) is 11.3 Å². The zero-order chi connectivity index (χ0) is 18.6. The minimum atomic E-state index is -0.120. The Morgan fingerprint density at radius 3 is 2.32 bits per heavy atom. The number of esters is 1. The number of carbonyl (C=O) groups is 2. The molecule has 25 heavy (non-hydrogen) atoms. The van der Waals surface area contributed by atoms with Crippen molar-refractivity contribution in [3.8, 4) is 0 Å². The summed E-state index contributed by atoms with van der Waals surface area (Å²) in [5.74, 6) is -0.205. The van der Waals surface area contributed by atoms with Gasteiger partial charge in [0.1, 0.15) is 6.10 Å². The molecule has 144 valence electrons. The zero-order valence-electron chi connectivity index (χ0n) is 16.4. The predicted octanol–water partition coefficient (Wildman–Crippen LogP) is 2.91. The number of hydrogen-bond acceptors (Lipinski definition) is 4. The van der Waals surface area contributed by atoms with Crippen LogP contribution in [0.2, 0.25) is 0 Å². The van der Waals surface area contributed by atoms with Gasteiger partial charge in [0.15, 0.2) is 0 Å². The molecular formula is C19H34N2O4. The lowest BCUT2D eigenvalue weighted by molar-refractivity contribution is -0.207. The molecule has 1 aliphatic carbocycles. The van der Waals surface area contributed by atoms with E-state index >= 15 is 0 Å². The van der Waals surface area contributed by atoms with E-state index in [-0.39, 0.29) is 35.5 Å². The topological polar surface area (TPSA) is 59.1 Å². The molecule has 0 spiro atoms. The number of rotatable bonds is 6. The second-order valence-corrected chi connectivity index (χ2v) is 8.13. The normalized spacial score (nSPS) is 26.0. The van der Waals surface area contributed by atoms with Crippen molar-refractivity contribution in [2.45, 2.75) is 65.1 Å². The highest BCUT2D eigenvalue weighted by molar-refractivity contribution is 5.76. The maximum Gasteiger partial charge on any atom is 0.319 e. The molecule has 1 heterocycles. The molecule has 2 atom stereocenters. The second-order valence-electron chi connectivity index (χ2n) is 8.13. The van der Waals surface area contributed by atoms with Crippen LogP contribution in [0.5, 0.6) is 0 Å². The molecule has 2 aliphatic rings. The first-order chi connectivity index (χ1) is 11.8. The van der Waals surface area contributed by atoms with E-state index in [4.69, 9.17) is 9.47 Å². The van der Waals surface area contributed by atoms with Gasteiger partial charge in [-0.1, -0.05) is 27.2 Å². The molecule has 1 saturated carbocycles. The van der Waals surface area contributed by atoms with Gasteiger partial charge in [-0.3, -0.25) is 4.79 Å². The zero-order valence-corrected chi connectivity index (χ0v) is 16.4. The molecule has 0 radical (unpaired) electrons. The van der Waals surface area contributed by atoms with Crippen molar-refractivity contribution >= 4 is 12.0 Å². The van der Waals surface area contributed by atoms with Crippen LogP contribution in [0.25, 0.3) is 0 Å². The van der Waals surface area contributed by atoms with Gasteiger partial charge >= 0.3 is 12.0 Å². The van der Waals surface area contributed by atoms with Gasteiger partial charge in [-0.05, 0) is 19.3 Å². The van der Waals surface area contributed by atoms with Crippen molar-refractivity contribution in [3.63, 3.8) is 0 Å². The number of piperidine rings is 1. The van der Waals surface area contributed by atoms with E-state index in [1.54, 1.807) is 23.9 Å². The van der Waals surface area contributed by atoms with E-state index < -0.39 is 0 Å². The molecule has 2 amide bonds. The van der Waals surface area contributed by atoms with E-state index in [1.165, 1.54) is 0 Å². The van der Waals surface area contributed by atoms with Crippen molar-refractivity contribution < 1.29 is 19.1 Å². The van der Waals surface area contributed by atoms with Gasteiger partial charge in [-0.25, -0.2) is 4.79 Å². The molecule has 6 nitrogen and oxygen atoms in total. The average Bonchev–Trinajstić information content (AvgIpc) is 2.59. The number of likely N-dealkylation sites (tertiary alicyclic amines) is 1. The van der Waals surface area contributed by atoms with Gasteiger partial charge in [0, 0.05) is 45.6 Å². The van der Waals surface area contributed by atoms with Crippen molar-refractivity contribution in [2.24, 2.45) is 11.3 Å². The van der Waals surface area contributed by atoms with Crippen molar-refractivity contribution in [1.82, 2.24) is 9.80 Å². The lowest BCUT2D eigenvalue weighted by atomic mass is 9.66. The minimum Gasteiger partial charge on any atom is -0.461 e. The first-order valence-electron chi connectivity index (χ1n) is 9.55. The summed E-state index contributed by atoms with van der Waals surface area (Å²) in [7, 11) is 3.50. The average molecular weight is 354 g/mol. The monoisotopic (exact) mass is 354 g/mol. The Balaban J connectivity index is 1.75. The Morgan fingerprint density at radius 2 is 1.80 bits per heavy atom. The van der Waals surface area contributed by atoms with Crippen LogP contribution in [-0.4, -0.2) is 67.8 Å². The summed E-state index contributed by atoms with van der Waals surface area (Å²) in [6, 6.07) is 0.0130. The number of ether oxygens (including phenoxy) is 2. The largest absolute Gasteiger partial charge is 0.461 e. The maximum absolute atomic E-state index is 12.5. The Morgan fingerprint density at radius 1 is 1.16 bits per heavy atom. The highest BCUT2D eigenvalue weighted by atomic mass is 16.6. The molecule has 0 N–H and O–H groups in total. The van der Waals surface area contributed by atoms with Crippen molar-refractivity contribution in [1.29, 1.82) is 0 Å². The Hall–Kier alpha value is -1.30. The molecule has 2 fully saturated rings. The van der Waals surface area contributed by atoms with Gasteiger partial charge in [0.2, 0.25) is 0 Å². The minimum absolute atomic E-state index is 0.0130. The summed E-state index contributed by atoms with van der Waals surface area (Å²) in [6.07, 6.45) is 4.47. The summed E-state index contributed by atoms with van der Waals surface area (Å²) in [4.78, 5) is 27.8. The van der Waals surface area contributed by atoms with Crippen LogP contribution in [0.3, 0.4) is 0 Å². The van der Waals surface area contributed by atoms with Gasteiger partial charge in [-0.2, -0.15) is 0 Å². The molecule has 0 bridgehead atoms. The summed E-state index contributed by atoms with van der Waals surface area (Å²) in [6.45, 7) is 8.40. The molecule has 1 aliphatic heterocycles. The van der Waals surface area contributed by atoms with E-state index in [2.05, 4.69) is 20.8 Å². The molecule has 1 saturated heterocycles. The number of carbonyl (C=O) groups excluding carboxylic acids is 2. The maximum atomic E-state index is 12.5. The third-order valence-electron chi connectivity index (χ3n) is 5.64. The molecule has 2 rings (SSSR count). The van der Waals surface area contributed by atoms with E-state index in [1.807, 2.05) is 0 Å². The summed E-state index contributed by atoms with van der Waals surface area (Å²) in [5.41, 5.74) is -0.120. The first kappa shape index (κ1) is 20.0. The quantitative estimate of drug-likeness (QED) is 0.544. The third kappa shape index (κ3) is 4.66. The fraction of sp³-hybridized carbons (Fsp3) is 0.895. The van der Waals surface area contributed by atoms with E-state index in [9.17, 15) is 9.59 Å². The van der Waals surface area contributed by atoms with E-state index in [0.29, 0.717) is 25.9 Å². The molecule has 0 aromatic rings. The predicted molar refractivity (Wildman–Crippen MR) is 96.3 cm³/mol. The highest BCUT2D eigenvalue weighted by Gasteiger charge is 2.52. The van der Waals surface area contributed by atoms with Gasteiger partial charge in [-0.15, -0.1) is 0 Å². The van der Waals surface area contributed by atoms with Crippen molar-refractivity contribution in [2.75, 3.05) is 33.8 Å². The molecule has 6 heteroatoms. The van der Waals surface area contributed by atoms with Crippen LogP contribution in [-0.2, 0) is 14.3 Å². The Bertz CT molecular complexity index is 470. The number of nitrogens with zero attached hydrogens (tertiary/aromatic N) is 2. The molecule has 0 aromatic carbocycles. The Labute approximate surface area is 151 Å². The van der Waals surface area contributed by atoms with Gasteiger partial charge < -0.3 is 19.3 Å². The summed E-state index contributed by atoms with van der Waals surface area (Å²) in [5, 5.41) is 0. The van der Waals surface area contributed by atoms with Crippen LogP contribution in [0.15, 0.2) is 0 Å².